The van der Waals surface area contributed by atoms with Crippen LogP contribution >= 0.6 is 0 Å². The fourth-order valence-electron chi connectivity index (χ4n) is 2.76. The van der Waals surface area contributed by atoms with Gasteiger partial charge in [0.25, 0.3) is 0 Å². The first-order valence-electron chi connectivity index (χ1n) is 8.69. The predicted molar refractivity (Wildman–Crippen MR) is 97.7 cm³/mol. The molecule has 1 aromatic carbocycles. The monoisotopic (exact) mass is 353 g/mol. The summed E-state index contributed by atoms with van der Waals surface area (Å²) in [7, 11) is 0. The van der Waals surface area contributed by atoms with Gasteiger partial charge in [-0.15, -0.1) is 0 Å². The first-order chi connectivity index (χ1) is 12.8. The van der Waals surface area contributed by atoms with Crippen molar-refractivity contribution in [2.45, 2.75) is 32.5 Å². The number of aromatic nitrogens is 2. The second-order valence-corrected chi connectivity index (χ2v) is 6.01. The highest BCUT2D eigenvalue weighted by atomic mass is 16.5. The zero-order chi connectivity index (χ0) is 18.2. The Morgan fingerprint density at radius 1 is 1.08 bits per heavy atom. The molecular weight excluding hydrogens is 330 g/mol. The Balaban J connectivity index is 1.67. The van der Waals surface area contributed by atoms with Gasteiger partial charge < -0.3 is 14.3 Å². The molecular formula is C20H23N3O3. The smallest absolute Gasteiger partial charge is 0.321 e. The number of hydrogen-bond acceptors (Lipinski definition) is 6. The molecule has 0 spiro atoms. The number of rotatable bonds is 9. The predicted octanol–water partition coefficient (Wildman–Crippen LogP) is 3.64. The van der Waals surface area contributed by atoms with Gasteiger partial charge in [0.1, 0.15) is 11.5 Å². The molecule has 0 amide bonds. The maximum atomic E-state index is 9.71. The molecule has 136 valence electrons. The first kappa shape index (κ1) is 18.1. The summed E-state index contributed by atoms with van der Waals surface area (Å²) in [5.41, 5.74) is 1.13. The molecule has 0 aliphatic rings. The standard InChI is InChI=1S/C20H23N3O3/c1-2-17(15-24)23(14-19-5-3-12-25-19)13-16-6-8-18(9-7-16)26-20-21-10-4-11-22-20/h3-12,17,24H,2,13-15H2,1H3/t17-/m0/s1. The minimum Gasteiger partial charge on any atom is -0.468 e. The summed E-state index contributed by atoms with van der Waals surface area (Å²) in [4.78, 5) is 10.3. The van der Waals surface area contributed by atoms with Crippen LogP contribution in [-0.2, 0) is 13.1 Å². The lowest BCUT2D eigenvalue weighted by molar-refractivity contribution is 0.0998. The molecule has 0 aliphatic carbocycles. The van der Waals surface area contributed by atoms with Crippen molar-refractivity contribution >= 4 is 0 Å². The molecule has 2 heterocycles. The molecule has 2 aromatic heterocycles. The van der Waals surface area contributed by atoms with Crippen LogP contribution in [0.4, 0.5) is 0 Å². The van der Waals surface area contributed by atoms with Crippen LogP contribution < -0.4 is 4.74 Å². The molecule has 0 bridgehead atoms. The molecule has 6 nitrogen and oxygen atoms in total. The number of aliphatic hydroxyl groups is 1. The van der Waals surface area contributed by atoms with E-state index in [9.17, 15) is 5.11 Å². The second-order valence-electron chi connectivity index (χ2n) is 6.01. The highest BCUT2D eigenvalue weighted by Gasteiger charge is 2.18. The Labute approximate surface area is 153 Å². The molecule has 3 rings (SSSR count). The number of aliphatic hydroxyl groups excluding tert-OH is 1. The van der Waals surface area contributed by atoms with Crippen LogP contribution in [-0.4, -0.2) is 32.6 Å². The molecule has 1 atom stereocenters. The summed E-state index contributed by atoms with van der Waals surface area (Å²) < 4.78 is 11.1. The summed E-state index contributed by atoms with van der Waals surface area (Å²) >= 11 is 0. The van der Waals surface area contributed by atoms with Gasteiger partial charge in [-0.05, 0) is 42.3 Å². The van der Waals surface area contributed by atoms with Gasteiger partial charge in [-0.25, -0.2) is 9.97 Å². The van der Waals surface area contributed by atoms with Crippen molar-refractivity contribution in [3.05, 3.63) is 72.4 Å². The largest absolute Gasteiger partial charge is 0.468 e. The van der Waals surface area contributed by atoms with Crippen molar-refractivity contribution in [1.29, 1.82) is 0 Å². The van der Waals surface area contributed by atoms with E-state index in [1.54, 1.807) is 24.7 Å². The van der Waals surface area contributed by atoms with E-state index in [-0.39, 0.29) is 12.6 Å². The zero-order valence-corrected chi connectivity index (χ0v) is 14.8. The average Bonchev–Trinajstić information content (AvgIpc) is 3.18. The van der Waals surface area contributed by atoms with Crippen molar-refractivity contribution < 1.29 is 14.3 Å². The van der Waals surface area contributed by atoms with Crippen LogP contribution in [0.5, 0.6) is 11.8 Å². The third-order valence-electron chi connectivity index (χ3n) is 4.20. The summed E-state index contributed by atoms with van der Waals surface area (Å²) in [6.45, 7) is 3.56. The highest BCUT2D eigenvalue weighted by Crippen LogP contribution is 2.20. The Kier molecular flexibility index (Phi) is 6.35. The van der Waals surface area contributed by atoms with Crippen molar-refractivity contribution in [2.75, 3.05) is 6.61 Å². The van der Waals surface area contributed by atoms with Crippen LogP contribution in [0, 0.1) is 0 Å². The fraction of sp³-hybridized carbons (Fsp3) is 0.300. The van der Waals surface area contributed by atoms with Crippen LogP contribution in [0.3, 0.4) is 0 Å². The van der Waals surface area contributed by atoms with E-state index in [1.165, 1.54) is 0 Å². The Bertz CT molecular complexity index is 757. The molecule has 0 radical (unpaired) electrons. The van der Waals surface area contributed by atoms with Gasteiger partial charge in [0.2, 0.25) is 0 Å². The van der Waals surface area contributed by atoms with Crippen molar-refractivity contribution in [2.24, 2.45) is 0 Å². The summed E-state index contributed by atoms with van der Waals surface area (Å²) in [6.07, 6.45) is 5.82. The molecule has 6 heteroatoms. The quantitative estimate of drug-likeness (QED) is 0.633. The van der Waals surface area contributed by atoms with Gasteiger partial charge in [-0.3, -0.25) is 4.90 Å². The zero-order valence-electron chi connectivity index (χ0n) is 14.8. The fourth-order valence-corrected chi connectivity index (χ4v) is 2.76. The van der Waals surface area contributed by atoms with Crippen molar-refractivity contribution in [3.63, 3.8) is 0 Å². The molecule has 3 aromatic rings. The van der Waals surface area contributed by atoms with E-state index in [0.717, 1.165) is 17.7 Å². The van der Waals surface area contributed by atoms with Crippen molar-refractivity contribution in [1.82, 2.24) is 14.9 Å². The third-order valence-corrected chi connectivity index (χ3v) is 4.20. The molecule has 1 N–H and O–H groups in total. The Morgan fingerprint density at radius 2 is 1.85 bits per heavy atom. The van der Waals surface area contributed by atoms with Gasteiger partial charge in [-0.1, -0.05) is 19.1 Å². The van der Waals surface area contributed by atoms with Crippen molar-refractivity contribution in [3.8, 4) is 11.8 Å². The molecule has 0 fully saturated rings. The van der Waals surface area contributed by atoms with Gasteiger partial charge in [0, 0.05) is 25.0 Å². The van der Waals surface area contributed by atoms with E-state index in [1.807, 2.05) is 36.4 Å². The summed E-state index contributed by atoms with van der Waals surface area (Å²) in [6, 6.07) is 13.8. The van der Waals surface area contributed by atoms with E-state index in [2.05, 4.69) is 21.8 Å². The number of furan rings is 1. The lowest BCUT2D eigenvalue weighted by atomic mass is 10.1. The maximum Gasteiger partial charge on any atom is 0.321 e. The van der Waals surface area contributed by atoms with E-state index < -0.39 is 0 Å². The minimum absolute atomic E-state index is 0.0775. The number of benzene rings is 1. The highest BCUT2D eigenvalue weighted by molar-refractivity contribution is 5.29. The lowest BCUT2D eigenvalue weighted by Gasteiger charge is -2.29. The SMILES string of the molecule is CC[C@@H](CO)N(Cc1ccc(Oc2ncccn2)cc1)Cc1ccco1. The van der Waals surface area contributed by atoms with Crippen LogP contribution in [0.25, 0.3) is 0 Å². The first-order valence-corrected chi connectivity index (χ1v) is 8.69. The Hall–Kier alpha value is -2.70. The molecule has 0 saturated heterocycles. The number of hydrogen-bond donors (Lipinski definition) is 1. The molecule has 0 aliphatic heterocycles. The van der Waals surface area contributed by atoms with Gasteiger partial charge >= 0.3 is 6.01 Å². The van der Waals surface area contributed by atoms with Gasteiger partial charge in [0.05, 0.1) is 19.4 Å². The van der Waals surface area contributed by atoms with E-state index >= 15 is 0 Å². The van der Waals surface area contributed by atoms with E-state index in [4.69, 9.17) is 9.15 Å². The van der Waals surface area contributed by atoms with Gasteiger partial charge in [0.15, 0.2) is 0 Å². The van der Waals surface area contributed by atoms with Crippen LogP contribution in [0.1, 0.15) is 24.7 Å². The normalized spacial score (nSPS) is 12.3. The van der Waals surface area contributed by atoms with Gasteiger partial charge in [-0.2, -0.15) is 0 Å². The third kappa shape index (κ3) is 4.91. The lowest BCUT2D eigenvalue weighted by Crippen LogP contribution is -2.36. The minimum atomic E-state index is 0.0775. The average molecular weight is 353 g/mol. The van der Waals surface area contributed by atoms with Crippen LogP contribution in [0.2, 0.25) is 0 Å². The summed E-state index contributed by atoms with van der Waals surface area (Å²) in [5.74, 6) is 1.57. The molecule has 0 saturated carbocycles. The van der Waals surface area contributed by atoms with E-state index in [0.29, 0.717) is 24.8 Å². The Morgan fingerprint density at radius 3 is 2.46 bits per heavy atom. The summed E-state index contributed by atoms with van der Waals surface area (Å²) in [5, 5.41) is 9.71. The topological polar surface area (TPSA) is 71.6 Å². The second kappa shape index (κ2) is 9.12. The van der Waals surface area contributed by atoms with Crippen LogP contribution in [0.15, 0.2) is 65.5 Å². The molecule has 26 heavy (non-hydrogen) atoms. The molecule has 0 unspecified atom stereocenters. The maximum absolute atomic E-state index is 9.71. The number of nitrogens with zero attached hydrogens (tertiary/aromatic N) is 3. The number of ether oxygens (including phenoxy) is 1.